The molecule has 0 atom stereocenters. The van der Waals surface area contributed by atoms with Gasteiger partial charge in [-0.05, 0) is 43.7 Å². The number of pyridine rings is 1. The fourth-order valence-corrected chi connectivity index (χ4v) is 3.09. The maximum absolute atomic E-state index is 13.2. The second-order valence-electron chi connectivity index (χ2n) is 6.68. The Kier molecular flexibility index (Phi) is 4.91. The van der Waals surface area contributed by atoms with Crippen LogP contribution in [0.4, 0.5) is 0 Å². The minimum atomic E-state index is -0.675. The van der Waals surface area contributed by atoms with Crippen molar-refractivity contribution >= 4 is 28.5 Å². The number of hydrogen-bond acceptors (Lipinski definition) is 5. The summed E-state index contributed by atoms with van der Waals surface area (Å²) >= 11 is 6.19. The average Bonchev–Trinajstić information content (AvgIpc) is 2.73. The van der Waals surface area contributed by atoms with Crippen LogP contribution in [0.25, 0.3) is 22.3 Å². The number of fused-ring (bicyclic) bond motifs is 1. The van der Waals surface area contributed by atoms with Crippen LogP contribution in [0, 0.1) is 13.8 Å². The first-order chi connectivity index (χ1) is 13.9. The van der Waals surface area contributed by atoms with E-state index in [4.69, 9.17) is 20.8 Å². The van der Waals surface area contributed by atoms with E-state index >= 15 is 0 Å². The lowest BCUT2D eigenvalue weighted by Gasteiger charge is -2.11. The molecule has 0 radical (unpaired) electrons. The highest BCUT2D eigenvalue weighted by molar-refractivity contribution is 6.32. The maximum Gasteiger partial charge on any atom is 0.343 e. The van der Waals surface area contributed by atoms with Gasteiger partial charge in [-0.1, -0.05) is 41.4 Å². The van der Waals surface area contributed by atoms with E-state index in [1.807, 2.05) is 38.1 Å². The number of aryl methyl sites for hydroxylation is 2. The highest BCUT2D eigenvalue weighted by atomic mass is 35.5. The summed E-state index contributed by atoms with van der Waals surface area (Å²) in [5, 5.41) is 0.674. The summed E-state index contributed by atoms with van der Waals surface area (Å²) in [4.78, 5) is 29.7. The van der Waals surface area contributed by atoms with E-state index in [0.29, 0.717) is 16.2 Å². The van der Waals surface area contributed by atoms with E-state index in [2.05, 4.69) is 4.98 Å². The SMILES string of the molecule is Cc1ccc(-c2oc3cc(C)c(Cl)cc3c(=O)c2OC(=O)c2ccncc2)cc1. The lowest BCUT2D eigenvalue weighted by atomic mass is 10.1. The Bertz CT molecular complexity index is 1280. The van der Waals surface area contributed by atoms with Gasteiger partial charge in [0.05, 0.1) is 10.9 Å². The molecule has 6 heteroatoms. The number of carbonyl (C=O) groups excluding carboxylic acids is 1. The van der Waals surface area contributed by atoms with Gasteiger partial charge >= 0.3 is 5.97 Å². The van der Waals surface area contributed by atoms with E-state index < -0.39 is 11.4 Å². The second kappa shape index (κ2) is 7.53. The van der Waals surface area contributed by atoms with Crippen LogP contribution in [-0.2, 0) is 0 Å². The summed E-state index contributed by atoms with van der Waals surface area (Å²) in [6, 6.07) is 13.7. The van der Waals surface area contributed by atoms with Gasteiger partial charge in [-0.15, -0.1) is 0 Å². The van der Waals surface area contributed by atoms with Gasteiger partial charge in [0.15, 0.2) is 5.76 Å². The fraction of sp³-hybridized carbons (Fsp3) is 0.0870. The number of esters is 1. The minimum absolute atomic E-state index is 0.178. The molecule has 0 amide bonds. The number of benzene rings is 2. The molecule has 4 rings (SSSR count). The Morgan fingerprint density at radius 3 is 2.41 bits per heavy atom. The first-order valence-corrected chi connectivity index (χ1v) is 9.28. The van der Waals surface area contributed by atoms with Crippen molar-refractivity contribution in [3.8, 4) is 17.1 Å². The molecule has 144 valence electrons. The predicted octanol–water partition coefficient (Wildman–Crippen LogP) is 5.34. The number of rotatable bonds is 3. The Labute approximate surface area is 171 Å². The van der Waals surface area contributed by atoms with Crippen LogP contribution >= 0.6 is 11.6 Å². The van der Waals surface area contributed by atoms with Crippen molar-refractivity contribution in [3.05, 3.63) is 92.9 Å². The third-order valence-electron chi connectivity index (χ3n) is 4.55. The summed E-state index contributed by atoms with van der Waals surface area (Å²) < 4.78 is 11.5. The monoisotopic (exact) mass is 405 g/mol. The van der Waals surface area contributed by atoms with Crippen molar-refractivity contribution in [3.63, 3.8) is 0 Å². The van der Waals surface area contributed by atoms with Gasteiger partial charge in [-0.3, -0.25) is 9.78 Å². The first-order valence-electron chi connectivity index (χ1n) is 8.90. The van der Waals surface area contributed by atoms with Crippen molar-refractivity contribution in [2.24, 2.45) is 0 Å². The van der Waals surface area contributed by atoms with E-state index in [1.54, 1.807) is 6.07 Å². The molecule has 0 saturated heterocycles. The molecule has 2 aromatic carbocycles. The van der Waals surface area contributed by atoms with Gasteiger partial charge in [0.25, 0.3) is 0 Å². The number of carbonyl (C=O) groups is 1. The van der Waals surface area contributed by atoms with Crippen molar-refractivity contribution in [1.82, 2.24) is 4.98 Å². The lowest BCUT2D eigenvalue weighted by Crippen LogP contribution is -2.16. The molecule has 0 aliphatic rings. The van der Waals surface area contributed by atoms with Crippen molar-refractivity contribution in [2.75, 3.05) is 0 Å². The summed E-state index contributed by atoms with van der Waals surface area (Å²) in [5.74, 6) is -0.666. The molecular weight excluding hydrogens is 390 g/mol. The highest BCUT2D eigenvalue weighted by Gasteiger charge is 2.22. The molecule has 2 heterocycles. The number of hydrogen-bond donors (Lipinski definition) is 0. The zero-order chi connectivity index (χ0) is 20.5. The Morgan fingerprint density at radius 2 is 1.72 bits per heavy atom. The Hall–Kier alpha value is -3.44. The minimum Gasteiger partial charge on any atom is -0.452 e. The summed E-state index contributed by atoms with van der Waals surface area (Å²) in [5.41, 5.74) is 2.63. The van der Waals surface area contributed by atoms with Gasteiger partial charge in [0.2, 0.25) is 11.2 Å². The van der Waals surface area contributed by atoms with Crippen LogP contribution in [0.2, 0.25) is 5.02 Å². The lowest BCUT2D eigenvalue weighted by molar-refractivity contribution is 0.0731. The van der Waals surface area contributed by atoms with Crippen LogP contribution < -0.4 is 10.2 Å². The van der Waals surface area contributed by atoms with Gasteiger partial charge in [0.1, 0.15) is 5.58 Å². The summed E-state index contributed by atoms with van der Waals surface area (Å²) in [7, 11) is 0. The molecule has 0 unspecified atom stereocenters. The van der Waals surface area contributed by atoms with Crippen LogP contribution in [0.15, 0.2) is 70.1 Å². The highest BCUT2D eigenvalue weighted by Crippen LogP contribution is 2.33. The maximum atomic E-state index is 13.2. The van der Waals surface area contributed by atoms with Crippen molar-refractivity contribution < 1.29 is 13.9 Å². The molecule has 0 spiro atoms. The molecule has 29 heavy (non-hydrogen) atoms. The third kappa shape index (κ3) is 3.65. The summed E-state index contributed by atoms with van der Waals surface area (Å²) in [6.45, 7) is 3.78. The molecule has 0 aliphatic carbocycles. The van der Waals surface area contributed by atoms with Crippen LogP contribution in [0.5, 0.6) is 5.75 Å². The topological polar surface area (TPSA) is 69.4 Å². The first kappa shape index (κ1) is 18.9. The normalized spacial score (nSPS) is 10.9. The zero-order valence-electron chi connectivity index (χ0n) is 15.7. The van der Waals surface area contributed by atoms with E-state index in [9.17, 15) is 9.59 Å². The van der Waals surface area contributed by atoms with Crippen LogP contribution in [0.3, 0.4) is 0 Å². The fourth-order valence-electron chi connectivity index (χ4n) is 2.93. The molecule has 4 aromatic rings. The Morgan fingerprint density at radius 1 is 1.03 bits per heavy atom. The van der Waals surface area contributed by atoms with Gasteiger partial charge in [0, 0.05) is 23.0 Å². The zero-order valence-corrected chi connectivity index (χ0v) is 16.5. The predicted molar refractivity (Wildman–Crippen MR) is 112 cm³/mol. The molecule has 5 nitrogen and oxygen atoms in total. The number of ether oxygens (including phenoxy) is 1. The second-order valence-corrected chi connectivity index (χ2v) is 7.09. The van der Waals surface area contributed by atoms with Crippen LogP contribution in [-0.4, -0.2) is 11.0 Å². The summed E-state index contributed by atoms with van der Waals surface area (Å²) in [6.07, 6.45) is 2.95. The molecule has 0 N–H and O–H groups in total. The standard InChI is InChI=1S/C23H16ClNO4/c1-13-3-5-15(6-4-13)21-22(29-23(27)16-7-9-25-10-8-16)20(26)17-12-18(24)14(2)11-19(17)28-21/h3-12H,1-2H3. The molecule has 0 fully saturated rings. The van der Waals surface area contributed by atoms with E-state index in [-0.39, 0.29) is 22.5 Å². The number of nitrogens with zero attached hydrogens (tertiary/aromatic N) is 1. The van der Waals surface area contributed by atoms with Crippen molar-refractivity contribution in [1.29, 1.82) is 0 Å². The largest absolute Gasteiger partial charge is 0.452 e. The quantitative estimate of drug-likeness (QED) is 0.430. The molecule has 0 saturated carbocycles. The average molecular weight is 406 g/mol. The smallest absolute Gasteiger partial charge is 0.343 e. The number of halogens is 1. The Balaban J connectivity index is 1.94. The van der Waals surface area contributed by atoms with Gasteiger partial charge in [-0.2, -0.15) is 0 Å². The van der Waals surface area contributed by atoms with Crippen molar-refractivity contribution in [2.45, 2.75) is 13.8 Å². The molecule has 0 bridgehead atoms. The van der Waals surface area contributed by atoms with Gasteiger partial charge in [-0.25, -0.2) is 4.79 Å². The van der Waals surface area contributed by atoms with Gasteiger partial charge < -0.3 is 9.15 Å². The van der Waals surface area contributed by atoms with E-state index in [1.165, 1.54) is 30.6 Å². The molecule has 2 aromatic heterocycles. The molecule has 0 aliphatic heterocycles. The van der Waals surface area contributed by atoms with E-state index in [0.717, 1.165) is 11.1 Å². The van der Waals surface area contributed by atoms with Crippen LogP contribution in [0.1, 0.15) is 21.5 Å². The third-order valence-corrected chi connectivity index (χ3v) is 4.96. The number of aromatic nitrogens is 1. The molecular formula is C23H16ClNO4.